The minimum absolute atomic E-state index is 0.00183. The van der Waals surface area contributed by atoms with Crippen LogP contribution in [0.25, 0.3) is 0 Å². The number of amides is 1. The molecular formula is C17H23NO3. The summed E-state index contributed by atoms with van der Waals surface area (Å²) in [6, 6.07) is 8.17. The summed E-state index contributed by atoms with van der Waals surface area (Å²) in [5.74, 6) is -1.22. The summed E-state index contributed by atoms with van der Waals surface area (Å²) in [6.45, 7) is 4.04. The van der Waals surface area contributed by atoms with Gasteiger partial charge in [-0.25, -0.2) is 0 Å². The second-order valence-corrected chi connectivity index (χ2v) is 6.08. The van der Waals surface area contributed by atoms with Gasteiger partial charge in [0, 0.05) is 13.0 Å². The largest absolute Gasteiger partial charge is 0.481 e. The summed E-state index contributed by atoms with van der Waals surface area (Å²) in [5.41, 5.74) is 2.30. The van der Waals surface area contributed by atoms with E-state index in [1.807, 2.05) is 38.1 Å². The fraction of sp³-hybridized carbons (Fsp3) is 0.529. The van der Waals surface area contributed by atoms with Crippen molar-refractivity contribution >= 4 is 11.9 Å². The number of carbonyl (C=O) groups is 2. The van der Waals surface area contributed by atoms with Crippen LogP contribution in [0.2, 0.25) is 0 Å². The first-order chi connectivity index (χ1) is 9.90. The molecule has 1 amide bonds. The fourth-order valence-electron chi connectivity index (χ4n) is 2.98. The van der Waals surface area contributed by atoms with E-state index in [4.69, 9.17) is 5.11 Å². The normalized spacial score (nSPS) is 22.8. The molecule has 1 aromatic carbocycles. The van der Waals surface area contributed by atoms with Gasteiger partial charge in [0.05, 0.1) is 12.0 Å². The van der Waals surface area contributed by atoms with Gasteiger partial charge < -0.3 is 10.0 Å². The van der Waals surface area contributed by atoms with Crippen molar-refractivity contribution < 1.29 is 14.7 Å². The Kier molecular flexibility index (Phi) is 4.66. The molecule has 0 aromatic heterocycles. The molecule has 0 saturated heterocycles. The van der Waals surface area contributed by atoms with Crippen LogP contribution >= 0.6 is 0 Å². The van der Waals surface area contributed by atoms with E-state index in [1.54, 1.807) is 11.9 Å². The van der Waals surface area contributed by atoms with E-state index in [9.17, 15) is 9.59 Å². The Labute approximate surface area is 125 Å². The third-order valence-electron chi connectivity index (χ3n) is 4.62. The lowest BCUT2D eigenvalue weighted by atomic mass is 10.0. The molecule has 114 valence electrons. The van der Waals surface area contributed by atoms with Crippen molar-refractivity contribution in [3.8, 4) is 0 Å². The first-order valence-corrected chi connectivity index (χ1v) is 7.46. The lowest BCUT2D eigenvalue weighted by Gasteiger charge is -2.28. The summed E-state index contributed by atoms with van der Waals surface area (Å²) >= 11 is 0. The van der Waals surface area contributed by atoms with Crippen LogP contribution in [0.4, 0.5) is 0 Å². The van der Waals surface area contributed by atoms with Gasteiger partial charge in [0.2, 0.25) is 5.91 Å². The van der Waals surface area contributed by atoms with Crippen molar-refractivity contribution in [1.82, 2.24) is 4.90 Å². The predicted molar refractivity (Wildman–Crippen MR) is 80.8 cm³/mol. The van der Waals surface area contributed by atoms with Crippen LogP contribution in [0.5, 0.6) is 0 Å². The number of hydrogen-bond acceptors (Lipinski definition) is 2. The Balaban J connectivity index is 2.02. The topological polar surface area (TPSA) is 57.6 Å². The molecule has 1 fully saturated rings. The molecule has 0 aliphatic heterocycles. The molecule has 0 radical (unpaired) electrons. The van der Waals surface area contributed by atoms with E-state index in [2.05, 4.69) is 0 Å². The van der Waals surface area contributed by atoms with E-state index in [1.165, 1.54) is 5.56 Å². The van der Waals surface area contributed by atoms with Crippen molar-refractivity contribution in [2.24, 2.45) is 11.8 Å². The Hall–Kier alpha value is -1.84. The molecule has 1 aliphatic rings. The molecule has 2 rings (SSSR count). The highest BCUT2D eigenvalue weighted by Crippen LogP contribution is 2.33. The number of carboxylic acids is 1. The molecule has 1 aromatic rings. The number of aryl methyl sites for hydroxylation is 1. The summed E-state index contributed by atoms with van der Waals surface area (Å²) < 4.78 is 0. The number of nitrogens with zero attached hydrogens (tertiary/aromatic N) is 1. The van der Waals surface area contributed by atoms with Gasteiger partial charge in [0.1, 0.15) is 0 Å². The van der Waals surface area contributed by atoms with Crippen LogP contribution in [0.3, 0.4) is 0 Å². The molecule has 0 heterocycles. The number of carboxylic acid groups (broad SMARTS) is 1. The zero-order valence-electron chi connectivity index (χ0n) is 12.9. The van der Waals surface area contributed by atoms with Crippen LogP contribution in [0.1, 0.15) is 43.4 Å². The maximum atomic E-state index is 12.5. The van der Waals surface area contributed by atoms with Gasteiger partial charge >= 0.3 is 5.97 Å². The summed E-state index contributed by atoms with van der Waals surface area (Å²) in [6.07, 6.45) is 1.76. The third-order valence-corrected chi connectivity index (χ3v) is 4.62. The molecule has 0 bridgehead atoms. The zero-order chi connectivity index (χ0) is 15.6. The lowest BCUT2D eigenvalue weighted by Crippen LogP contribution is -2.34. The van der Waals surface area contributed by atoms with Crippen LogP contribution in [-0.2, 0) is 9.59 Å². The maximum Gasteiger partial charge on any atom is 0.306 e. The molecule has 0 spiro atoms. The first kappa shape index (κ1) is 15.5. The smallest absolute Gasteiger partial charge is 0.306 e. The number of aliphatic carboxylic acids is 1. The summed E-state index contributed by atoms with van der Waals surface area (Å²) in [7, 11) is 1.81. The van der Waals surface area contributed by atoms with E-state index in [0.29, 0.717) is 19.3 Å². The highest BCUT2D eigenvalue weighted by Gasteiger charge is 2.36. The molecule has 4 heteroatoms. The Morgan fingerprint density at radius 2 is 1.76 bits per heavy atom. The van der Waals surface area contributed by atoms with E-state index < -0.39 is 5.97 Å². The quantitative estimate of drug-likeness (QED) is 0.927. The minimum Gasteiger partial charge on any atom is -0.481 e. The van der Waals surface area contributed by atoms with Crippen molar-refractivity contribution in [1.29, 1.82) is 0 Å². The van der Waals surface area contributed by atoms with Crippen molar-refractivity contribution in [2.75, 3.05) is 7.05 Å². The van der Waals surface area contributed by atoms with Gasteiger partial charge in [-0.05, 0) is 38.7 Å². The molecule has 21 heavy (non-hydrogen) atoms. The third kappa shape index (κ3) is 3.43. The predicted octanol–water partition coefficient (Wildman–Crippen LogP) is 3.02. The van der Waals surface area contributed by atoms with Crippen LogP contribution < -0.4 is 0 Å². The highest BCUT2D eigenvalue weighted by atomic mass is 16.4. The molecule has 4 nitrogen and oxygen atoms in total. The SMILES string of the molecule is Cc1ccc(C(C)N(C)C(=O)[C@@H]2CC[C@H](C(=O)O)C2)cc1. The maximum absolute atomic E-state index is 12.5. The van der Waals surface area contributed by atoms with Gasteiger partial charge in [0.25, 0.3) is 0 Å². The number of carbonyl (C=O) groups excluding carboxylic acids is 1. The first-order valence-electron chi connectivity index (χ1n) is 7.46. The van der Waals surface area contributed by atoms with Gasteiger partial charge in [-0.1, -0.05) is 29.8 Å². The second-order valence-electron chi connectivity index (χ2n) is 6.08. The van der Waals surface area contributed by atoms with Crippen LogP contribution in [-0.4, -0.2) is 28.9 Å². The van der Waals surface area contributed by atoms with Gasteiger partial charge in [-0.2, -0.15) is 0 Å². The average Bonchev–Trinajstić information content (AvgIpc) is 2.96. The van der Waals surface area contributed by atoms with Crippen molar-refractivity contribution in [3.05, 3.63) is 35.4 Å². The van der Waals surface area contributed by atoms with Crippen molar-refractivity contribution in [2.45, 2.75) is 39.2 Å². The number of hydrogen-bond donors (Lipinski definition) is 1. The zero-order valence-corrected chi connectivity index (χ0v) is 12.9. The molecule has 1 unspecified atom stereocenters. The van der Waals surface area contributed by atoms with Crippen molar-refractivity contribution in [3.63, 3.8) is 0 Å². The molecule has 1 aliphatic carbocycles. The Morgan fingerprint density at radius 1 is 1.19 bits per heavy atom. The number of benzene rings is 1. The van der Waals surface area contributed by atoms with Crippen LogP contribution in [0.15, 0.2) is 24.3 Å². The summed E-state index contributed by atoms with van der Waals surface area (Å²) in [5, 5.41) is 9.04. The fourth-order valence-corrected chi connectivity index (χ4v) is 2.98. The monoisotopic (exact) mass is 289 g/mol. The minimum atomic E-state index is -0.778. The lowest BCUT2D eigenvalue weighted by molar-refractivity contribution is -0.141. The molecule has 1 saturated carbocycles. The molecule has 3 atom stereocenters. The van der Waals surface area contributed by atoms with E-state index >= 15 is 0 Å². The highest BCUT2D eigenvalue weighted by molar-refractivity contribution is 5.81. The summed E-state index contributed by atoms with van der Waals surface area (Å²) in [4.78, 5) is 25.3. The molecule has 1 N–H and O–H groups in total. The Morgan fingerprint density at radius 3 is 2.29 bits per heavy atom. The van der Waals surface area contributed by atoms with Gasteiger partial charge in [-0.3, -0.25) is 9.59 Å². The molecular weight excluding hydrogens is 266 g/mol. The van der Waals surface area contributed by atoms with Crippen LogP contribution in [0, 0.1) is 18.8 Å². The Bertz CT molecular complexity index is 523. The second kappa shape index (κ2) is 6.29. The van der Waals surface area contributed by atoms with E-state index in [0.717, 1.165) is 5.56 Å². The van der Waals surface area contributed by atoms with E-state index in [-0.39, 0.29) is 23.8 Å². The van der Waals surface area contributed by atoms with Gasteiger partial charge in [-0.15, -0.1) is 0 Å². The standard InChI is InChI=1S/C17H23NO3/c1-11-4-6-13(7-5-11)12(2)18(3)16(19)14-8-9-15(10-14)17(20)21/h4-7,12,14-15H,8-10H2,1-3H3,(H,20,21)/t12?,14-,15+/m1/s1. The van der Waals surface area contributed by atoms with Gasteiger partial charge in [0.15, 0.2) is 0 Å². The average molecular weight is 289 g/mol. The number of rotatable bonds is 4.